The third-order valence-electron chi connectivity index (χ3n) is 12.8. The van der Waals surface area contributed by atoms with Gasteiger partial charge in [-0.2, -0.15) is 0 Å². The topological polar surface area (TPSA) is 215 Å². The SMILES string of the molecule is Cc1csc2c(OP(=O)(O)O)cc3c(c12)[C@H](CCl)CN3CCCCC(=O)N1C[C@@H](CCl)c2c1cc(NC(=O)[C@H](C)NC(=O)[C@@H](NC(=O)CCCCCN1C(=O)C=CC1=O)C(C)C)c1ccccc21. The molecule has 7 rings (SSSR count). The largest absolute Gasteiger partial charge is 0.524 e. The zero-order valence-corrected chi connectivity index (χ0v) is 41.6. The number of halogens is 2. The number of imide groups is 1. The summed E-state index contributed by atoms with van der Waals surface area (Å²) in [4.78, 5) is 102. The van der Waals surface area contributed by atoms with Crippen LogP contribution in [0, 0.1) is 12.8 Å². The molecule has 0 aliphatic carbocycles. The second-order valence-corrected chi connectivity index (χ2v) is 20.7. The van der Waals surface area contributed by atoms with E-state index in [0.29, 0.717) is 73.7 Å². The summed E-state index contributed by atoms with van der Waals surface area (Å²) in [6.07, 6.45) is 5.69. The maximum atomic E-state index is 14.1. The molecule has 1 aromatic heterocycles. The maximum Gasteiger partial charge on any atom is 0.524 e. The van der Waals surface area contributed by atoms with E-state index in [9.17, 15) is 43.1 Å². The molecule has 364 valence electrons. The fraction of sp³-hybridized carbons (Fsp3) is 0.458. The number of hydrogen-bond acceptors (Lipinski definition) is 10. The number of anilines is 3. The Morgan fingerprint density at radius 2 is 1.50 bits per heavy atom. The molecule has 68 heavy (non-hydrogen) atoms. The Hall–Kier alpha value is -5.03. The predicted octanol–water partition coefficient (Wildman–Crippen LogP) is 7.59. The minimum atomic E-state index is -4.83. The Morgan fingerprint density at radius 3 is 2.18 bits per heavy atom. The molecule has 0 radical (unpaired) electrons. The molecular weight excluding hydrogens is 955 g/mol. The standard InChI is InChI=1S/C48H57Cl2N6O10PS/c1-27(2)45(53-38(57)14-6-5-10-19-55-40(59)16-17-41(55)60)48(62)51-29(4)47(61)52-34-20-36-43(33-13-8-7-12-32(33)34)31(23-50)25-56(36)39(58)15-9-11-18-54-24-30(22-49)44-35(54)21-37(66-67(63,64)65)46-42(44)28(3)26-68-46/h7-8,12-13,16-17,20-21,26-27,29-31,45H,5-6,9-11,14-15,18-19,22-25H2,1-4H3,(H,51,62)(H,52,61)(H,53,57)(H2,63,64,65)/t29-,30+,31+,45-/m0/s1. The third-order valence-corrected chi connectivity index (χ3v) is 15.1. The van der Waals surface area contributed by atoms with Gasteiger partial charge >= 0.3 is 7.82 Å². The molecule has 4 heterocycles. The van der Waals surface area contributed by atoms with E-state index in [1.165, 1.54) is 23.5 Å². The number of carbonyl (C=O) groups is 6. The first kappa shape index (κ1) is 50.8. The normalized spacial score (nSPS) is 17.6. The van der Waals surface area contributed by atoms with Crippen molar-refractivity contribution < 1.29 is 47.6 Å². The van der Waals surface area contributed by atoms with Crippen molar-refractivity contribution in [2.24, 2.45) is 5.92 Å². The summed E-state index contributed by atoms with van der Waals surface area (Å²) in [6, 6.07) is 9.14. The van der Waals surface area contributed by atoms with Crippen molar-refractivity contribution in [1.82, 2.24) is 15.5 Å². The highest BCUT2D eigenvalue weighted by Gasteiger charge is 2.37. The minimum absolute atomic E-state index is 0.00309. The summed E-state index contributed by atoms with van der Waals surface area (Å²) in [6.45, 7) is 8.93. The Labute approximate surface area is 408 Å². The molecule has 4 atom stereocenters. The van der Waals surface area contributed by atoms with Gasteiger partial charge in [-0.15, -0.1) is 34.5 Å². The molecule has 20 heteroatoms. The van der Waals surface area contributed by atoms with Crippen molar-refractivity contribution in [2.45, 2.75) is 96.6 Å². The molecule has 0 saturated carbocycles. The summed E-state index contributed by atoms with van der Waals surface area (Å²) in [5, 5.41) is 13.0. The highest BCUT2D eigenvalue weighted by atomic mass is 35.5. The Kier molecular flexibility index (Phi) is 16.2. The molecule has 6 amide bonds. The van der Waals surface area contributed by atoms with Crippen molar-refractivity contribution in [3.8, 4) is 5.75 Å². The molecule has 0 bridgehead atoms. The van der Waals surface area contributed by atoms with Gasteiger partial charge in [0.05, 0.1) is 10.4 Å². The van der Waals surface area contributed by atoms with Crippen LogP contribution in [0.15, 0.2) is 53.9 Å². The van der Waals surface area contributed by atoms with Crippen molar-refractivity contribution >= 4 is 116 Å². The molecule has 5 N–H and O–H groups in total. The number of phosphoric acid groups is 1. The van der Waals surface area contributed by atoms with Crippen LogP contribution in [0.2, 0.25) is 0 Å². The summed E-state index contributed by atoms with van der Waals surface area (Å²) >= 11 is 14.4. The highest BCUT2D eigenvalue weighted by molar-refractivity contribution is 7.46. The van der Waals surface area contributed by atoms with Crippen LogP contribution in [0.4, 0.5) is 17.1 Å². The van der Waals surface area contributed by atoms with E-state index >= 15 is 0 Å². The van der Waals surface area contributed by atoms with Gasteiger partial charge in [0.2, 0.25) is 23.6 Å². The van der Waals surface area contributed by atoms with Crippen LogP contribution in [0.25, 0.3) is 20.9 Å². The number of nitrogens with one attached hydrogen (secondary N) is 3. The van der Waals surface area contributed by atoms with Gasteiger partial charge in [0.25, 0.3) is 11.8 Å². The average molecular weight is 1010 g/mol. The first-order chi connectivity index (χ1) is 32.4. The lowest BCUT2D eigenvalue weighted by Crippen LogP contribution is -2.53. The van der Waals surface area contributed by atoms with Crippen LogP contribution in [-0.2, 0) is 33.3 Å². The number of nitrogens with zero attached hydrogens (tertiary/aromatic N) is 3. The average Bonchev–Trinajstić information content (AvgIpc) is 4.06. The van der Waals surface area contributed by atoms with Gasteiger partial charge in [-0.3, -0.25) is 43.5 Å². The number of unbranched alkanes of at least 4 members (excludes halogenated alkanes) is 3. The number of thiophene rings is 1. The van der Waals surface area contributed by atoms with Crippen LogP contribution >= 0.6 is 42.4 Å². The van der Waals surface area contributed by atoms with Crippen LogP contribution in [0.3, 0.4) is 0 Å². The molecule has 0 spiro atoms. The number of hydrogen-bond donors (Lipinski definition) is 5. The van der Waals surface area contributed by atoms with E-state index in [1.54, 1.807) is 37.8 Å². The van der Waals surface area contributed by atoms with Crippen molar-refractivity contribution in [3.05, 3.63) is 70.6 Å². The fourth-order valence-corrected chi connectivity index (χ4v) is 11.4. The maximum absolute atomic E-state index is 14.1. The van der Waals surface area contributed by atoms with E-state index in [1.807, 2.05) is 36.6 Å². The van der Waals surface area contributed by atoms with Gasteiger partial charge in [0.1, 0.15) is 12.1 Å². The molecule has 3 aliphatic heterocycles. The van der Waals surface area contributed by atoms with Gasteiger partial charge in [-0.1, -0.05) is 44.5 Å². The lowest BCUT2D eigenvalue weighted by molar-refractivity contribution is -0.137. The smallest absolute Gasteiger partial charge is 0.403 e. The second-order valence-electron chi connectivity index (χ2n) is 18.0. The zero-order valence-electron chi connectivity index (χ0n) is 38.4. The summed E-state index contributed by atoms with van der Waals surface area (Å²) in [7, 11) is -4.83. The second kappa shape index (κ2) is 21.7. The van der Waals surface area contributed by atoms with Crippen LogP contribution < -0.4 is 30.3 Å². The zero-order chi connectivity index (χ0) is 49.0. The van der Waals surface area contributed by atoms with Crippen molar-refractivity contribution in [2.75, 3.05) is 53.1 Å². The van der Waals surface area contributed by atoms with Gasteiger partial charge in [0.15, 0.2) is 5.75 Å². The Bertz CT molecular complexity index is 2690. The highest BCUT2D eigenvalue weighted by Crippen LogP contribution is 2.52. The van der Waals surface area contributed by atoms with E-state index in [0.717, 1.165) is 43.4 Å². The van der Waals surface area contributed by atoms with Crippen molar-refractivity contribution in [3.63, 3.8) is 0 Å². The van der Waals surface area contributed by atoms with E-state index in [2.05, 4.69) is 20.9 Å². The van der Waals surface area contributed by atoms with E-state index < -0.39 is 31.7 Å². The molecule has 16 nitrogen and oxygen atoms in total. The number of alkyl halides is 2. The Balaban J connectivity index is 0.977. The third kappa shape index (κ3) is 11.2. The summed E-state index contributed by atoms with van der Waals surface area (Å²) in [5.41, 5.74) is 4.84. The van der Waals surface area contributed by atoms with Gasteiger partial charge < -0.3 is 30.3 Å². The first-order valence-corrected chi connectivity index (χ1v) is 26.3. The Morgan fingerprint density at radius 1 is 0.838 bits per heavy atom. The summed E-state index contributed by atoms with van der Waals surface area (Å²) in [5.74, 6) is -1.83. The quantitative estimate of drug-likeness (QED) is 0.0237. The number of amides is 6. The number of rotatable bonds is 21. The molecule has 0 fully saturated rings. The number of carbonyl (C=O) groups excluding carboxylic acids is 6. The van der Waals surface area contributed by atoms with E-state index in [4.69, 9.17) is 27.7 Å². The number of benzene rings is 3. The lowest BCUT2D eigenvalue weighted by Gasteiger charge is -2.24. The number of aryl methyl sites for hydroxylation is 1. The monoisotopic (exact) mass is 1010 g/mol. The van der Waals surface area contributed by atoms with Crippen LogP contribution in [-0.4, -0.2) is 100 Å². The van der Waals surface area contributed by atoms with E-state index in [-0.39, 0.29) is 72.4 Å². The number of phosphoric ester groups is 1. The molecule has 3 aromatic carbocycles. The molecular formula is C48H57Cl2N6O10PS. The fourth-order valence-electron chi connectivity index (χ4n) is 9.42. The molecule has 0 saturated heterocycles. The van der Waals surface area contributed by atoms with Gasteiger partial charge in [-0.25, -0.2) is 4.57 Å². The predicted molar refractivity (Wildman–Crippen MR) is 266 cm³/mol. The summed E-state index contributed by atoms with van der Waals surface area (Å²) < 4.78 is 17.8. The lowest BCUT2D eigenvalue weighted by atomic mass is 9.95. The number of fused-ring (bicyclic) bond motifs is 6. The van der Waals surface area contributed by atoms with Crippen LogP contribution in [0.5, 0.6) is 5.75 Å². The van der Waals surface area contributed by atoms with Gasteiger partial charge in [-0.05, 0) is 79.0 Å². The van der Waals surface area contributed by atoms with Crippen molar-refractivity contribution in [1.29, 1.82) is 0 Å². The first-order valence-electron chi connectivity index (χ1n) is 22.9. The van der Waals surface area contributed by atoms with Crippen LogP contribution in [0.1, 0.15) is 94.2 Å². The van der Waals surface area contributed by atoms with Gasteiger partial charge in [0, 0.05) is 103 Å². The molecule has 4 aromatic rings. The molecule has 0 unspecified atom stereocenters. The minimum Gasteiger partial charge on any atom is -0.403 e. The molecule has 3 aliphatic rings.